The summed E-state index contributed by atoms with van der Waals surface area (Å²) in [7, 11) is 1.52. The third-order valence-electron chi connectivity index (χ3n) is 4.78. The van der Waals surface area contributed by atoms with E-state index in [9.17, 15) is 24.0 Å². The summed E-state index contributed by atoms with van der Waals surface area (Å²) in [5.41, 5.74) is 0.423. The average molecular weight is 387 g/mol. The fourth-order valence-electron chi connectivity index (χ4n) is 3.54. The molecule has 0 bridgehead atoms. The van der Waals surface area contributed by atoms with Gasteiger partial charge < -0.3 is 10.1 Å². The highest BCUT2D eigenvalue weighted by atomic mass is 16.5. The highest BCUT2D eigenvalue weighted by molar-refractivity contribution is 6.26. The lowest BCUT2D eigenvalue weighted by Gasteiger charge is -2.34. The van der Waals surface area contributed by atoms with Crippen LogP contribution < -0.4 is 5.32 Å². The van der Waals surface area contributed by atoms with Crippen LogP contribution in [0.2, 0.25) is 0 Å². The summed E-state index contributed by atoms with van der Waals surface area (Å²) in [6.45, 7) is 1.85. The van der Waals surface area contributed by atoms with Crippen LogP contribution >= 0.6 is 0 Å². The Morgan fingerprint density at radius 2 is 1.96 bits per heavy atom. The van der Waals surface area contributed by atoms with E-state index in [2.05, 4.69) is 5.32 Å². The number of piperidine rings is 1. The molecule has 0 aliphatic carbocycles. The molecule has 0 aromatic heterocycles. The van der Waals surface area contributed by atoms with Crippen LogP contribution in [0.3, 0.4) is 0 Å². The zero-order valence-electron chi connectivity index (χ0n) is 15.7. The van der Waals surface area contributed by atoms with Crippen molar-refractivity contribution >= 4 is 35.2 Å². The van der Waals surface area contributed by atoms with Gasteiger partial charge in [-0.2, -0.15) is 0 Å². The van der Waals surface area contributed by atoms with Gasteiger partial charge in [-0.1, -0.05) is 6.07 Å². The van der Waals surface area contributed by atoms with Crippen molar-refractivity contribution in [3.8, 4) is 0 Å². The van der Waals surface area contributed by atoms with Crippen LogP contribution in [0.4, 0.5) is 5.69 Å². The van der Waals surface area contributed by atoms with E-state index in [1.54, 1.807) is 6.07 Å². The number of nitrogens with zero attached hydrogens (tertiary/aromatic N) is 2. The minimum absolute atomic E-state index is 0.0648. The fourth-order valence-corrected chi connectivity index (χ4v) is 3.54. The highest BCUT2D eigenvalue weighted by Crippen LogP contribution is 2.33. The van der Waals surface area contributed by atoms with Crippen LogP contribution in [0.5, 0.6) is 0 Å². The average Bonchev–Trinajstić information content (AvgIpc) is 2.90. The van der Waals surface area contributed by atoms with Gasteiger partial charge in [0.1, 0.15) is 6.04 Å². The third-order valence-corrected chi connectivity index (χ3v) is 4.78. The van der Waals surface area contributed by atoms with Gasteiger partial charge in [0.15, 0.2) is 0 Å². The first-order chi connectivity index (χ1) is 13.4. The first-order valence-electron chi connectivity index (χ1n) is 8.98. The van der Waals surface area contributed by atoms with Crippen LogP contribution in [-0.2, 0) is 19.1 Å². The van der Waals surface area contributed by atoms with Gasteiger partial charge in [-0.25, -0.2) is 0 Å². The van der Waals surface area contributed by atoms with E-state index in [1.807, 2.05) is 0 Å². The summed E-state index contributed by atoms with van der Waals surface area (Å²) in [5.74, 6) is -2.52. The van der Waals surface area contributed by atoms with Gasteiger partial charge in [0.05, 0.1) is 16.8 Å². The minimum Gasteiger partial charge on any atom is -0.385 e. The summed E-state index contributed by atoms with van der Waals surface area (Å²) in [5, 5.41) is 2.54. The summed E-state index contributed by atoms with van der Waals surface area (Å²) in [6, 6.07) is 3.52. The molecule has 1 aromatic carbocycles. The Morgan fingerprint density at radius 1 is 1.21 bits per heavy atom. The number of methoxy groups -OCH3 is 1. The number of ether oxygens (including phenoxy) is 1. The summed E-state index contributed by atoms with van der Waals surface area (Å²) >= 11 is 0. The zero-order chi connectivity index (χ0) is 20.4. The number of amides is 5. The van der Waals surface area contributed by atoms with E-state index < -0.39 is 23.8 Å². The molecule has 1 atom stereocenters. The van der Waals surface area contributed by atoms with Gasteiger partial charge in [-0.15, -0.1) is 0 Å². The molecule has 2 aliphatic rings. The van der Waals surface area contributed by atoms with Crippen molar-refractivity contribution in [2.24, 2.45) is 0 Å². The van der Waals surface area contributed by atoms with E-state index in [0.29, 0.717) is 13.0 Å². The summed E-state index contributed by atoms with van der Waals surface area (Å²) in [4.78, 5) is 64.3. The molecule has 2 aliphatic heterocycles. The van der Waals surface area contributed by atoms with Gasteiger partial charge in [0.25, 0.3) is 17.7 Å². The fraction of sp³-hybridized carbons (Fsp3) is 0.421. The van der Waals surface area contributed by atoms with Crippen LogP contribution in [0, 0.1) is 0 Å². The molecule has 5 amide bonds. The van der Waals surface area contributed by atoms with E-state index in [0.717, 1.165) is 9.80 Å². The number of rotatable bonds is 6. The monoisotopic (exact) mass is 387 g/mol. The van der Waals surface area contributed by atoms with Crippen molar-refractivity contribution in [1.29, 1.82) is 0 Å². The maximum atomic E-state index is 13.0. The summed E-state index contributed by atoms with van der Waals surface area (Å²) < 4.78 is 4.95. The number of nitrogens with one attached hydrogen (secondary N) is 1. The predicted molar refractivity (Wildman–Crippen MR) is 97.5 cm³/mol. The smallest absolute Gasteiger partial charge is 0.264 e. The molecule has 0 spiro atoms. The molecule has 1 fully saturated rings. The summed E-state index contributed by atoms with van der Waals surface area (Å²) in [6.07, 6.45) is 0.615. The highest BCUT2D eigenvalue weighted by Gasteiger charge is 2.47. The number of hydrogen-bond acceptors (Lipinski definition) is 6. The standard InChI is InChI=1S/C19H21N3O6/c1-11(23)20-13-6-3-5-12-16(13)19(27)22(17(12)25)14-7-8-15(24)21(18(14)26)9-4-10-28-2/h3,5-6,14H,4,7-10H2,1-2H3,(H,20,23). The number of imide groups is 2. The van der Waals surface area contributed by atoms with Crippen LogP contribution in [-0.4, -0.2) is 65.6 Å². The number of likely N-dealkylation sites (tertiary alicyclic amines) is 1. The van der Waals surface area contributed by atoms with E-state index in [-0.39, 0.29) is 48.0 Å². The SMILES string of the molecule is COCCCN1C(=O)CCC(N2C(=O)c3cccc(NC(C)=O)c3C2=O)C1=O. The van der Waals surface area contributed by atoms with Crippen molar-refractivity contribution in [2.45, 2.75) is 32.2 Å². The largest absolute Gasteiger partial charge is 0.385 e. The maximum absolute atomic E-state index is 13.0. The van der Waals surface area contributed by atoms with Crippen molar-refractivity contribution in [2.75, 3.05) is 25.6 Å². The van der Waals surface area contributed by atoms with E-state index in [4.69, 9.17) is 4.74 Å². The Kier molecular flexibility index (Phi) is 5.55. The molecule has 1 saturated heterocycles. The number of benzene rings is 1. The van der Waals surface area contributed by atoms with E-state index >= 15 is 0 Å². The molecular formula is C19H21N3O6. The minimum atomic E-state index is -1.04. The quantitative estimate of drug-likeness (QED) is 0.570. The number of anilines is 1. The van der Waals surface area contributed by atoms with Crippen molar-refractivity contribution in [1.82, 2.24) is 9.80 Å². The molecule has 1 N–H and O–H groups in total. The Hall–Kier alpha value is -3.07. The Labute approximate surface area is 161 Å². The van der Waals surface area contributed by atoms with Gasteiger partial charge >= 0.3 is 0 Å². The van der Waals surface area contributed by atoms with Crippen molar-refractivity contribution in [3.05, 3.63) is 29.3 Å². The third kappa shape index (κ3) is 3.40. The van der Waals surface area contributed by atoms with Gasteiger partial charge in [0.2, 0.25) is 11.8 Å². The lowest BCUT2D eigenvalue weighted by atomic mass is 10.0. The normalized spacial score (nSPS) is 19.3. The zero-order valence-corrected chi connectivity index (χ0v) is 15.7. The molecule has 0 radical (unpaired) electrons. The van der Waals surface area contributed by atoms with Crippen LogP contribution in [0.25, 0.3) is 0 Å². The Balaban J connectivity index is 1.88. The molecule has 0 saturated carbocycles. The number of carbonyl (C=O) groups excluding carboxylic acids is 5. The molecule has 9 heteroatoms. The molecule has 28 heavy (non-hydrogen) atoms. The lowest BCUT2D eigenvalue weighted by molar-refractivity contribution is -0.151. The van der Waals surface area contributed by atoms with Crippen LogP contribution in [0.1, 0.15) is 46.9 Å². The molecule has 1 unspecified atom stereocenters. The molecular weight excluding hydrogens is 366 g/mol. The second-order valence-corrected chi connectivity index (χ2v) is 6.67. The Bertz CT molecular complexity index is 865. The van der Waals surface area contributed by atoms with E-state index in [1.165, 1.54) is 26.2 Å². The Morgan fingerprint density at radius 3 is 2.64 bits per heavy atom. The second kappa shape index (κ2) is 7.89. The number of hydrogen-bond donors (Lipinski definition) is 1. The van der Waals surface area contributed by atoms with Crippen molar-refractivity contribution < 1.29 is 28.7 Å². The second-order valence-electron chi connectivity index (χ2n) is 6.67. The van der Waals surface area contributed by atoms with Crippen LogP contribution in [0.15, 0.2) is 18.2 Å². The molecule has 3 rings (SSSR count). The predicted octanol–water partition coefficient (Wildman–Crippen LogP) is 0.795. The van der Waals surface area contributed by atoms with Crippen molar-refractivity contribution in [3.63, 3.8) is 0 Å². The number of fused-ring (bicyclic) bond motifs is 1. The lowest BCUT2D eigenvalue weighted by Crippen LogP contribution is -2.56. The topological polar surface area (TPSA) is 113 Å². The first-order valence-corrected chi connectivity index (χ1v) is 8.98. The van der Waals surface area contributed by atoms with Gasteiger partial charge in [-0.3, -0.25) is 33.8 Å². The van der Waals surface area contributed by atoms with Gasteiger partial charge in [-0.05, 0) is 25.0 Å². The first kappa shape index (κ1) is 19.7. The molecule has 148 valence electrons. The van der Waals surface area contributed by atoms with Gasteiger partial charge in [0, 0.05) is 33.6 Å². The maximum Gasteiger partial charge on any atom is 0.264 e. The molecule has 1 aromatic rings. The molecule has 2 heterocycles. The number of carbonyl (C=O) groups is 5. The molecule has 9 nitrogen and oxygen atoms in total.